The number of benzene rings is 3. The summed E-state index contributed by atoms with van der Waals surface area (Å²) in [5, 5.41) is 3.18. The van der Waals surface area contributed by atoms with Crippen LogP contribution >= 0.6 is 11.8 Å². The number of nitrogens with one attached hydrogen (secondary N) is 1. The van der Waals surface area contributed by atoms with Crippen LogP contribution in [0.5, 0.6) is 5.75 Å². The van der Waals surface area contributed by atoms with Crippen molar-refractivity contribution in [2.45, 2.75) is 83.6 Å². The summed E-state index contributed by atoms with van der Waals surface area (Å²) in [7, 11) is 0. The normalized spacial score (nSPS) is 18.9. The van der Waals surface area contributed by atoms with E-state index in [1.165, 1.54) is 41.5 Å². The molecule has 1 amide bonds. The first-order chi connectivity index (χ1) is 20.9. The van der Waals surface area contributed by atoms with Gasteiger partial charge in [-0.1, -0.05) is 50.6 Å². The van der Waals surface area contributed by atoms with Crippen molar-refractivity contribution in [2.24, 2.45) is 0 Å². The van der Waals surface area contributed by atoms with Crippen LogP contribution < -0.4 is 10.1 Å². The fourth-order valence-corrected chi connectivity index (χ4v) is 7.19. The lowest BCUT2D eigenvalue weighted by molar-refractivity contribution is -0.117. The smallest absolute Gasteiger partial charge is 0.238 e. The van der Waals surface area contributed by atoms with Crippen LogP contribution in [0.2, 0.25) is 0 Å². The number of nitrogens with zero attached hydrogens (tertiary/aromatic N) is 1. The Morgan fingerprint density at radius 1 is 1.00 bits per heavy atom. The van der Waals surface area contributed by atoms with E-state index >= 15 is 0 Å². The van der Waals surface area contributed by atoms with Crippen molar-refractivity contribution in [3.05, 3.63) is 93.8 Å². The number of carbonyl (C=O) groups excluding carboxylic acids is 1. The van der Waals surface area contributed by atoms with Crippen molar-refractivity contribution in [3.63, 3.8) is 0 Å². The molecule has 5 rings (SSSR count). The highest BCUT2D eigenvalue weighted by Crippen LogP contribution is 2.43. The van der Waals surface area contributed by atoms with E-state index in [-0.39, 0.29) is 24.3 Å². The molecule has 6 heteroatoms. The average molecular weight is 603 g/mol. The minimum atomic E-state index is -0.246. The molecule has 43 heavy (non-hydrogen) atoms. The highest BCUT2D eigenvalue weighted by molar-refractivity contribution is 7.98. The van der Waals surface area contributed by atoms with Crippen LogP contribution in [0, 0.1) is 12.7 Å². The SMILES string of the molecule is CCc1cc(F)cc(CC)c1NC(=O)CN1C[C@H](c2ccc(C3CCC3)c(C)c2)C[C@@H]1c1ccc(OCCCSC)cc1. The minimum Gasteiger partial charge on any atom is -0.494 e. The van der Waals surface area contributed by atoms with Crippen LogP contribution in [-0.2, 0) is 17.6 Å². The van der Waals surface area contributed by atoms with Gasteiger partial charge in [0.15, 0.2) is 0 Å². The van der Waals surface area contributed by atoms with Gasteiger partial charge >= 0.3 is 0 Å². The molecule has 2 fully saturated rings. The first-order valence-electron chi connectivity index (χ1n) is 16.1. The van der Waals surface area contributed by atoms with E-state index in [4.69, 9.17) is 4.74 Å². The van der Waals surface area contributed by atoms with Gasteiger partial charge in [0, 0.05) is 18.3 Å². The Hall–Kier alpha value is -2.83. The topological polar surface area (TPSA) is 41.6 Å². The number of anilines is 1. The molecule has 0 radical (unpaired) electrons. The number of hydrogen-bond acceptors (Lipinski definition) is 4. The molecule has 2 atom stereocenters. The number of rotatable bonds is 13. The van der Waals surface area contributed by atoms with E-state index in [0.717, 1.165) is 60.2 Å². The number of aryl methyl sites for hydroxylation is 3. The maximum Gasteiger partial charge on any atom is 0.238 e. The molecule has 1 aliphatic heterocycles. The van der Waals surface area contributed by atoms with Crippen LogP contribution in [0.1, 0.15) is 97.2 Å². The molecule has 230 valence electrons. The molecule has 0 spiro atoms. The Morgan fingerprint density at radius 2 is 1.70 bits per heavy atom. The van der Waals surface area contributed by atoms with Gasteiger partial charge in [-0.3, -0.25) is 9.69 Å². The molecule has 0 bridgehead atoms. The summed E-state index contributed by atoms with van der Waals surface area (Å²) in [5.41, 5.74) is 7.93. The monoisotopic (exact) mass is 602 g/mol. The lowest BCUT2D eigenvalue weighted by Gasteiger charge is -2.28. The Morgan fingerprint density at radius 3 is 2.30 bits per heavy atom. The maximum atomic E-state index is 14.2. The van der Waals surface area contributed by atoms with Gasteiger partial charge in [0.1, 0.15) is 11.6 Å². The average Bonchev–Trinajstić information content (AvgIpc) is 3.39. The Balaban J connectivity index is 1.35. The quantitative estimate of drug-likeness (QED) is 0.199. The lowest BCUT2D eigenvalue weighted by Crippen LogP contribution is -2.33. The third-order valence-corrected chi connectivity index (χ3v) is 10.1. The molecule has 1 saturated heterocycles. The van der Waals surface area contributed by atoms with Crippen molar-refractivity contribution >= 4 is 23.4 Å². The van der Waals surface area contributed by atoms with Gasteiger partial charge in [-0.25, -0.2) is 4.39 Å². The molecule has 0 unspecified atom stereocenters. The molecule has 2 aliphatic rings. The van der Waals surface area contributed by atoms with Crippen LogP contribution in [-0.4, -0.2) is 42.5 Å². The van der Waals surface area contributed by atoms with E-state index in [1.54, 1.807) is 12.1 Å². The van der Waals surface area contributed by atoms with Gasteiger partial charge < -0.3 is 10.1 Å². The van der Waals surface area contributed by atoms with E-state index < -0.39 is 0 Å². The summed E-state index contributed by atoms with van der Waals surface area (Å²) >= 11 is 1.84. The molecule has 1 aliphatic carbocycles. The number of hydrogen-bond donors (Lipinski definition) is 1. The minimum absolute atomic E-state index is 0.0492. The number of ether oxygens (including phenoxy) is 1. The Labute approximate surface area is 261 Å². The summed E-state index contributed by atoms with van der Waals surface area (Å²) in [6.07, 6.45) is 9.38. The van der Waals surface area contributed by atoms with E-state index in [1.807, 2.05) is 25.6 Å². The van der Waals surface area contributed by atoms with E-state index in [0.29, 0.717) is 18.8 Å². The zero-order valence-corrected chi connectivity index (χ0v) is 27.1. The van der Waals surface area contributed by atoms with Crippen molar-refractivity contribution < 1.29 is 13.9 Å². The summed E-state index contributed by atoms with van der Waals surface area (Å²) in [5.74, 6) is 2.76. The number of halogens is 1. The third kappa shape index (κ3) is 7.64. The zero-order chi connectivity index (χ0) is 30.3. The number of carbonyl (C=O) groups is 1. The molecular formula is C37H47FN2O2S. The highest BCUT2D eigenvalue weighted by atomic mass is 32.2. The van der Waals surface area contributed by atoms with Gasteiger partial charge in [0.2, 0.25) is 5.91 Å². The number of amides is 1. The molecule has 3 aromatic carbocycles. The van der Waals surface area contributed by atoms with Gasteiger partial charge in [-0.15, -0.1) is 0 Å². The summed E-state index contributed by atoms with van der Waals surface area (Å²) in [6.45, 7) is 8.08. The van der Waals surface area contributed by atoms with E-state index in [9.17, 15) is 9.18 Å². The van der Waals surface area contributed by atoms with Crippen LogP contribution in [0.15, 0.2) is 54.6 Å². The molecule has 1 heterocycles. The maximum absolute atomic E-state index is 14.2. The number of thioether (sulfide) groups is 1. The largest absolute Gasteiger partial charge is 0.494 e. The van der Waals surface area contributed by atoms with Crippen molar-refractivity contribution in [1.82, 2.24) is 4.90 Å². The van der Waals surface area contributed by atoms with Gasteiger partial charge in [0.05, 0.1) is 13.2 Å². The Kier molecular flexibility index (Phi) is 10.8. The molecule has 3 aromatic rings. The second kappa shape index (κ2) is 14.8. The molecule has 1 N–H and O–H groups in total. The molecular weight excluding hydrogens is 555 g/mol. The van der Waals surface area contributed by atoms with Crippen LogP contribution in [0.4, 0.5) is 10.1 Å². The fourth-order valence-electron chi connectivity index (χ4n) is 6.78. The predicted molar refractivity (Wildman–Crippen MR) is 178 cm³/mol. The standard InChI is InChI=1S/C37H47FN2O2S/c1-5-26-20-32(38)21-27(6-2)37(26)39-36(41)24-40-23-31(30-13-16-34(25(3)19-30)28-9-7-10-28)22-35(40)29-11-14-33(15-12-29)42-17-8-18-43-4/h11-16,19-21,28,31,35H,5-10,17-18,22-24H2,1-4H3,(H,39,41)/t31-,35-/m1/s1. The highest BCUT2D eigenvalue weighted by Gasteiger charge is 2.35. The second-order valence-corrected chi connectivity index (χ2v) is 13.2. The van der Waals surface area contributed by atoms with Crippen molar-refractivity contribution in [1.29, 1.82) is 0 Å². The molecule has 1 saturated carbocycles. The second-order valence-electron chi connectivity index (χ2n) is 12.2. The molecule has 4 nitrogen and oxygen atoms in total. The zero-order valence-electron chi connectivity index (χ0n) is 26.3. The van der Waals surface area contributed by atoms with Gasteiger partial charge in [-0.05, 0) is 127 Å². The van der Waals surface area contributed by atoms with Gasteiger partial charge in [-0.2, -0.15) is 11.8 Å². The van der Waals surface area contributed by atoms with Gasteiger partial charge in [0.25, 0.3) is 0 Å². The summed E-state index contributed by atoms with van der Waals surface area (Å²) in [6, 6.07) is 18.8. The first kappa shape index (κ1) is 31.6. The predicted octanol–water partition coefficient (Wildman–Crippen LogP) is 8.83. The fraction of sp³-hybridized carbons (Fsp3) is 0.486. The van der Waals surface area contributed by atoms with Crippen LogP contribution in [0.3, 0.4) is 0 Å². The molecule has 0 aromatic heterocycles. The summed E-state index contributed by atoms with van der Waals surface area (Å²) < 4.78 is 20.2. The van der Waals surface area contributed by atoms with Crippen molar-refractivity contribution in [3.8, 4) is 5.75 Å². The van der Waals surface area contributed by atoms with Crippen molar-refractivity contribution in [2.75, 3.05) is 37.0 Å². The summed E-state index contributed by atoms with van der Waals surface area (Å²) in [4.78, 5) is 15.9. The lowest BCUT2D eigenvalue weighted by atomic mass is 9.77. The third-order valence-electron chi connectivity index (χ3n) is 9.38. The van der Waals surface area contributed by atoms with Crippen LogP contribution in [0.25, 0.3) is 0 Å². The first-order valence-corrected chi connectivity index (χ1v) is 17.5. The Bertz CT molecular complexity index is 1360. The number of likely N-dealkylation sites (tertiary alicyclic amines) is 1. The van der Waals surface area contributed by atoms with E-state index in [2.05, 4.69) is 65.9 Å².